The van der Waals surface area contributed by atoms with Crippen molar-refractivity contribution in [2.24, 2.45) is 0 Å². The molecule has 0 saturated heterocycles. The lowest BCUT2D eigenvalue weighted by molar-refractivity contribution is -0.897. The number of hydrogen-bond donors (Lipinski definition) is 2. The molecular weight excluding hydrogens is 374 g/mol. The summed E-state index contributed by atoms with van der Waals surface area (Å²) >= 11 is 0. The SMILES string of the molecule is CN(C)C(=O)c1ccc(NC(=O)C[NH+](C)C(c2ccccc2)c2ccccc2)cc1. The molecule has 154 valence electrons. The van der Waals surface area contributed by atoms with Gasteiger partial charge in [0.25, 0.3) is 11.8 Å². The summed E-state index contributed by atoms with van der Waals surface area (Å²) in [6.07, 6.45) is 0. The Hall–Kier alpha value is -3.44. The molecule has 3 rings (SSSR count). The number of hydrogen-bond acceptors (Lipinski definition) is 2. The minimum absolute atomic E-state index is 0.0539. The minimum Gasteiger partial charge on any atom is -0.345 e. The van der Waals surface area contributed by atoms with E-state index in [0.29, 0.717) is 17.8 Å². The van der Waals surface area contributed by atoms with Gasteiger partial charge in [-0.3, -0.25) is 9.59 Å². The summed E-state index contributed by atoms with van der Waals surface area (Å²) in [7, 11) is 5.46. The van der Waals surface area contributed by atoms with Gasteiger partial charge in [0.05, 0.1) is 7.05 Å². The van der Waals surface area contributed by atoms with Crippen molar-refractivity contribution in [1.82, 2.24) is 4.90 Å². The maximum absolute atomic E-state index is 12.7. The Morgan fingerprint density at radius 3 is 1.80 bits per heavy atom. The van der Waals surface area contributed by atoms with Gasteiger partial charge in [0.1, 0.15) is 6.04 Å². The summed E-state index contributed by atoms with van der Waals surface area (Å²) in [5.41, 5.74) is 3.61. The zero-order chi connectivity index (χ0) is 21.5. The highest BCUT2D eigenvalue weighted by Crippen LogP contribution is 2.18. The molecule has 1 unspecified atom stereocenters. The largest absolute Gasteiger partial charge is 0.345 e. The molecular formula is C25H28N3O2+. The summed E-state index contributed by atoms with van der Waals surface area (Å²) in [4.78, 5) is 27.3. The van der Waals surface area contributed by atoms with E-state index in [1.54, 1.807) is 38.4 Å². The Bertz CT molecular complexity index is 931. The van der Waals surface area contributed by atoms with E-state index in [1.807, 2.05) is 43.4 Å². The predicted octanol–water partition coefficient (Wildman–Crippen LogP) is 2.63. The first-order chi connectivity index (χ1) is 14.5. The Balaban J connectivity index is 1.70. The average molecular weight is 403 g/mol. The standard InChI is InChI=1S/C25H27N3O2/c1-27(2)25(30)21-14-16-22(17-15-21)26-23(29)18-28(3)24(19-10-6-4-7-11-19)20-12-8-5-9-13-20/h4-17,24H,18H2,1-3H3,(H,26,29)/p+1. The number of nitrogens with one attached hydrogen (secondary N) is 2. The fourth-order valence-electron chi connectivity index (χ4n) is 3.57. The van der Waals surface area contributed by atoms with Crippen LogP contribution >= 0.6 is 0 Å². The van der Waals surface area contributed by atoms with E-state index in [0.717, 1.165) is 4.90 Å². The van der Waals surface area contributed by atoms with Gasteiger partial charge in [-0.15, -0.1) is 0 Å². The average Bonchev–Trinajstić information content (AvgIpc) is 2.75. The molecule has 5 heteroatoms. The summed E-state index contributed by atoms with van der Waals surface area (Å²) in [6.45, 7) is 0.312. The highest BCUT2D eigenvalue weighted by atomic mass is 16.2. The molecule has 3 aromatic carbocycles. The molecule has 5 nitrogen and oxygen atoms in total. The molecule has 0 heterocycles. The van der Waals surface area contributed by atoms with Gasteiger partial charge in [-0.1, -0.05) is 60.7 Å². The van der Waals surface area contributed by atoms with Crippen molar-refractivity contribution in [3.8, 4) is 0 Å². The van der Waals surface area contributed by atoms with Gasteiger partial charge in [0.15, 0.2) is 6.54 Å². The number of carbonyl (C=O) groups is 2. The molecule has 3 aromatic rings. The van der Waals surface area contributed by atoms with Gasteiger partial charge in [-0.2, -0.15) is 0 Å². The van der Waals surface area contributed by atoms with E-state index in [9.17, 15) is 9.59 Å². The first kappa shape index (κ1) is 21.3. The third kappa shape index (κ3) is 5.33. The van der Waals surface area contributed by atoms with E-state index < -0.39 is 0 Å². The van der Waals surface area contributed by atoms with Crippen LogP contribution in [0.15, 0.2) is 84.9 Å². The molecule has 1 atom stereocenters. The van der Waals surface area contributed by atoms with E-state index >= 15 is 0 Å². The van der Waals surface area contributed by atoms with Crippen LogP contribution in [-0.2, 0) is 4.79 Å². The monoisotopic (exact) mass is 402 g/mol. The van der Waals surface area contributed by atoms with Crippen LogP contribution in [0.1, 0.15) is 27.5 Å². The molecule has 0 bridgehead atoms. The van der Waals surface area contributed by atoms with Crippen LogP contribution in [0.2, 0.25) is 0 Å². The van der Waals surface area contributed by atoms with Crippen LogP contribution in [0.4, 0.5) is 5.69 Å². The second-order valence-corrected chi connectivity index (χ2v) is 7.60. The summed E-state index contributed by atoms with van der Waals surface area (Å²) in [5, 5.41) is 2.94. The third-order valence-electron chi connectivity index (χ3n) is 5.02. The number of anilines is 1. The molecule has 2 N–H and O–H groups in total. The van der Waals surface area contributed by atoms with Gasteiger partial charge in [0.2, 0.25) is 0 Å². The van der Waals surface area contributed by atoms with Crippen LogP contribution in [0.3, 0.4) is 0 Å². The molecule has 0 radical (unpaired) electrons. The van der Waals surface area contributed by atoms with E-state index in [1.165, 1.54) is 16.0 Å². The zero-order valence-electron chi connectivity index (χ0n) is 17.6. The van der Waals surface area contributed by atoms with Gasteiger partial charge < -0.3 is 15.1 Å². The Morgan fingerprint density at radius 2 is 1.33 bits per heavy atom. The van der Waals surface area contributed by atoms with E-state index in [4.69, 9.17) is 0 Å². The predicted molar refractivity (Wildman–Crippen MR) is 120 cm³/mol. The molecule has 0 aromatic heterocycles. The molecule has 30 heavy (non-hydrogen) atoms. The van der Waals surface area contributed by atoms with Gasteiger partial charge >= 0.3 is 0 Å². The summed E-state index contributed by atoms with van der Waals surface area (Å²) < 4.78 is 0. The van der Waals surface area contributed by atoms with Crippen molar-refractivity contribution in [2.75, 3.05) is 33.0 Å². The number of benzene rings is 3. The highest BCUT2D eigenvalue weighted by molar-refractivity contribution is 5.95. The van der Waals surface area contributed by atoms with Crippen LogP contribution in [0.25, 0.3) is 0 Å². The van der Waals surface area contributed by atoms with Crippen molar-refractivity contribution in [3.63, 3.8) is 0 Å². The fraction of sp³-hybridized carbons (Fsp3) is 0.200. The molecule has 0 spiro atoms. The lowest BCUT2D eigenvalue weighted by Crippen LogP contribution is -3.10. The Labute approximate surface area is 177 Å². The van der Waals surface area contributed by atoms with E-state index in [-0.39, 0.29) is 17.9 Å². The van der Waals surface area contributed by atoms with Gasteiger partial charge in [-0.25, -0.2) is 0 Å². The summed E-state index contributed by atoms with van der Waals surface area (Å²) in [6, 6.07) is 27.5. The minimum atomic E-state index is -0.0731. The van der Waals surface area contributed by atoms with Gasteiger partial charge in [0, 0.05) is 36.5 Å². The lowest BCUT2D eigenvalue weighted by atomic mass is 9.97. The van der Waals surface area contributed by atoms with Crippen molar-refractivity contribution < 1.29 is 14.5 Å². The normalized spacial score (nSPS) is 11.7. The molecule has 0 saturated carbocycles. The molecule has 0 aliphatic rings. The number of likely N-dealkylation sites (N-methyl/N-ethyl adjacent to an activating group) is 1. The smallest absolute Gasteiger partial charge is 0.279 e. The van der Waals surface area contributed by atoms with Crippen molar-refractivity contribution in [3.05, 3.63) is 102 Å². The van der Waals surface area contributed by atoms with Crippen molar-refractivity contribution in [2.45, 2.75) is 6.04 Å². The van der Waals surface area contributed by atoms with Crippen LogP contribution in [-0.4, -0.2) is 44.4 Å². The molecule has 0 aliphatic carbocycles. The van der Waals surface area contributed by atoms with Crippen LogP contribution in [0.5, 0.6) is 0 Å². The Kier molecular flexibility index (Phi) is 6.99. The summed E-state index contributed by atoms with van der Waals surface area (Å²) in [5.74, 6) is -0.137. The second kappa shape index (κ2) is 9.85. The molecule has 0 fully saturated rings. The first-order valence-electron chi connectivity index (χ1n) is 9.99. The molecule has 2 amide bonds. The number of carbonyl (C=O) groups excluding carboxylic acids is 2. The third-order valence-corrected chi connectivity index (χ3v) is 5.02. The maximum atomic E-state index is 12.7. The van der Waals surface area contributed by atoms with Crippen LogP contribution in [0, 0.1) is 0 Å². The van der Waals surface area contributed by atoms with Gasteiger partial charge in [-0.05, 0) is 24.3 Å². The fourth-order valence-corrected chi connectivity index (χ4v) is 3.57. The second-order valence-electron chi connectivity index (χ2n) is 7.60. The van der Waals surface area contributed by atoms with Crippen molar-refractivity contribution >= 4 is 17.5 Å². The van der Waals surface area contributed by atoms with E-state index in [2.05, 4.69) is 29.6 Å². The quantitative estimate of drug-likeness (QED) is 0.638. The van der Waals surface area contributed by atoms with Crippen LogP contribution < -0.4 is 10.2 Å². The highest BCUT2D eigenvalue weighted by Gasteiger charge is 2.25. The van der Waals surface area contributed by atoms with Crippen molar-refractivity contribution in [1.29, 1.82) is 0 Å². The molecule has 0 aliphatic heterocycles. The Morgan fingerprint density at radius 1 is 0.833 bits per heavy atom. The zero-order valence-corrected chi connectivity index (χ0v) is 17.6. The maximum Gasteiger partial charge on any atom is 0.279 e. The number of quaternary nitrogens is 1. The number of amides is 2. The number of nitrogens with zero attached hydrogens (tertiary/aromatic N) is 1. The topological polar surface area (TPSA) is 53.9 Å². The number of rotatable bonds is 7. The first-order valence-corrected chi connectivity index (χ1v) is 9.99. The lowest BCUT2D eigenvalue weighted by Gasteiger charge is -2.25.